The van der Waals surface area contributed by atoms with Gasteiger partial charge in [0.1, 0.15) is 17.7 Å². The summed E-state index contributed by atoms with van der Waals surface area (Å²) in [5.41, 5.74) is 7.17. The van der Waals surface area contributed by atoms with Gasteiger partial charge in [0.05, 0.1) is 24.5 Å². The Kier molecular flexibility index (Phi) is 2.92. The molecule has 2 atom stereocenters. The van der Waals surface area contributed by atoms with Crippen LogP contribution in [0.4, 0.5) is 5.69 Å². The Balaban J connectivity index is 1.95. The van der Waals surface area contributed by atoms with Gasteiger partial charge in [0.15, 0.2) is 0 Å². The van der Waals surface area contributed by atoms with Crippen LogP contribution in [0.1, 0.15) is 12.0 Å². The Morgan fingerprint density at radius 1 is 1.56 bits per heavy atom. The monoisotopic (exact) mass is 267 g/mol. The molecule has 0 aliphatic carbocycles. The second-order valence-electron chi connectivity index (χ2n) is 4.11. The Hall–Kier alpha value is -1.60. The number of nitrogens with zero attached hydrogens (tertiary/aromatic N) is 1. The fraction of sp³-hybridized carbons (Fsp3) is 0.364. The summed E-state index contributed by atoms with van der Waals surface area (Å²) in [6, 6.07) is 5.45. The van der Waals surface area contributed by atoms with Gasteiger partial charge in [0.2, 0.25) is 11.2 Å². The van der Waals surface area contributed by atoms with Gasteiger partial charge < -0.3 is 15.2 Å². The Labute approximate surface area is 107 Å². The van der Waals surface area contributed by atoms with E-state index in [2.05, 4.69) is 9.12 Å². The molecule has 3 rings (SSSR count). The molecule has 96 valence electrons. The van der Waals surface area contributed by atoms with Crippen LogP contribution in [0.3, 0.4) is 0 Å². The van der Waals surface area contributed by atoms with Gasteiger partial charge >= 0.3 is 0 Å². The molecule has 18 heavy (non-hydrogen) atoms. The summed E-state index contributed by atoms with van der Waals surface area (Å²) >= 11 is -1.51. The smallest absolute Gasteiger partial charge is 0.245 e. The van der Waals surface area contributed by atoms with Gasteiger partial charge in [-0.25, -0.2) is 4.21 Å². The molecule has 3 N–H and O–H groups in total. The van der Waals surface area contributed by atoms with E-state index in [1.54, 1.807) is 6.07 Å². The van der Waals surface area contributed by atoms with E-state index < -0.39 is 11.2 Å². The summed E-state index contributed by atoms with van der Waals surface area (Å²) in [6.07, 6.45) is 0.900. The molecule has 0 saturated carbocycles. The van der Waals surface area contributed by atoms with Crippen molar-refractivity contribution in [2.45, 2.75) is 12.5 Å². The summed E-state index contributed by atoms with van der Waals surface area (Å²) < 4.78 is 29.0. The Bertz CT molecular complexity index is 526. The predicted octanol–water partition coefficient (Wildman–Crippen LogP) is 0.564. The maximum absolute atomic E-state index is 11.4. The summed E-state index contributed by atoms with van der Waals surface area (Å²) in [4.78, 5) is 0. The van der Waals surface area contributed by atoms with Crippen LogP contribution < -0.4 is 15.2 Å². The lowest BCUT2D eigenvalue weighted by molar-refractivity contribution is 0.141. The molecular weight excluding hydrogens is 254 g/mol. The molecule has 7 heteroatoms. The minimum Gasteiger partial charge on any atom is -0.487 e. The standard InChI is InChI=1S/C11H13N3O3S/c12-11-10-8(13-18(15)14-11)2-1-3-9(10)17-7-4-5-16-6-7/h1-3,7,13H,4-6H2,(H2,12,14). The predicted molar refractivity (Wildman–Crippen MR) is 68.8 cm³/mol. The zero-order valence-corrected chi connectivity index (χ0v) is 10.4. The molecule has 0 amide bonds. The molecule has 6 nitrogen and oxygen atoms in total. The van der Waals surface area contributed by atoms with E-state index in [0.717, 1.165) is 6.42 Å². The zero-order chi connectivity index (χ0) is 12.5. The molecule has 2 aliphatic heterocycles. The molecular formula is C11H13N3O3S. The van der Waals surface area contributed by atoms with Gasteiger partial charge in [-0.3, -0.25) is 4.72 Å². The van der Waals surface area contributed by atoms with Crippen molar-refractivity contribution in [3.8, 4) is 5.75 Å². The van der Waals surface area contributed by atoms with Crippen molar-refractivity contribution >= 4 is 22.7 Å². The van der Waals surface area contributed by atoms with Crippen LogP contribution in [0.2, 0.25) is 0 Å². The highest BCUT2D eigenvalue weighted by atomic mass is 32.2. The highest BCUT2D eigenvalue weighted by molar-refractivity contribution is 7.85. The average molecular weight is 267 g/mol. The normalized spacial score (nSPS) is 26.1. The second-order valence-corrected chi connectivity index (χ2v) is 4.99. The fourth-order valence-corrected chi connectivity index (χ4v) is 2.69. The fourth-order valence-electron chi connectivity index (χ4n) is 2.02. The lowest BCUT2D eigenvalue weighted by Gasteiger charge is -2.20. The van der Waals surface area contributed by atoms with Gasteiger partial charge in [0, 0.05) is 6.42 Å². The van der Waals surface area contributed by atoms with E-state index in [0.29, 0.717) is 30.2 Å². The van der Waals surface area contributed by atoms with Crippen LogP contribution in [-0.2, 0) is 15.9 Å². The van der Waals surface area contributed by atoms with Crippen molar-refractivity contribution in [3.63, 3.8) is 0 Å². The highest BCUT2D eigenvalue weighted by Crippen LogP contribution is 2.30. The van der Waals surface area contributed by atoms with E-state index in [-0.39, 0.29) is 11.9 Å². The van der Waals surface area contributed by atoms with Crippen molar-refractivity contribution in [1.29, 1.82) is 0 Å². The Morgan fingerprint density at radius 2 is 2.44 bits per heavy atom. The van der Waals surface area contributed by atoms with E-state index in [1.165, 1.54) is 0 Å². The van der Waals surface area contributed by atoms with Crippen LogP contribution in [-0.4, -0.2) is 29.4 Å². The van der Waals surface area contributed by atoms with Crippen molar-refractivity contribution in [3.05, 3.63) is 23.8 Å². The molecule has 0 radical (unpaired) electrons. The van der Waals surface area contributed by atoms with Crippen LogP contribution in [0.25, 0.3) is 0 Å². The number of hydrogen-bond donors (Lipinski definition) is 2. The van der Waals surface area contributed by atoms with Gasteiger partial charge in [-0.15, -0.1) is 0 Å². The third kappa shape index (κ3) is 2.06. The maximum atomic E-state index is 11.4. The third-order valence-electron chi connectivity index (χ3n) is 2.84. The Morgan fingerprint density at radius 3 is 3.22 bits per heavy atom. The first-order valence-electron chi connectivity index (χ1n) is 5.64. The molecule has 1 aromatic rings. The first-order chi connectivity index (χ1) is 8.74. The SMILES string of the molecule is NC1=NS(=O)Nc2cccc(OC3CCOC3)c21. The second kappa shape index (κ2) is 4.58. The van der Waals surface area contributed by atoms with Crippen molar-refractivity contribution in [2.24, 2.45) is 10.1 Å². The number of benzene rings is 1. The van der Waals surface area contributed by atoms with Crippen LogP contribution in [0.5, 0.6) is 5.75 Å². The molecule has 0 spiro atoms. The third-order valence-corrected chi connectivity index (χ3v) is 3.60. The van der Waals surface area contributed by atoms with Crippen molar-refractivity contribution in [1.82, 2.24) is 0 Å². The minimum absolute atomic E-state index is 0.0386. The quantitative estimate of drug-likeness (QED) is 0.820. The number of nitrogens with one attached hydrogen (secondary N) is 1. The average Bonchev–Trinajstić information content (AvgIpc) is 2.81. The van der Waals surface area contributed by atoms with E-state index >= 15 is 0 Å². The first kappa shape index (κ1) is 11.5. The lowest BCUT2D eigenvalue weighted by atomic mass is 10.1. The number of fused-ring (bicyclic) bond motifs is 1. The zero-order valence-electron chi connectivity index (χ0n) is 9.59. The number of ether oxygens (including phenoxy) is 2. The molecule has 1 saturated heterocycles. The number of nitrogens with two attached hydrogens (primary N) is 1. The lowest BCUT2D eigenvalue weighted by Crippen LogP contribution is -2.25. The summed E-state index contributed by atoms with van der Waals surface area (Å²) in [7, 11) is 0. The van der Waals surface area contributed by atoms with Crippen LogP contribution in [0, 0.1) is 0 Å². The summed E-state index contributed by atoms with van der Waals surface area (Å²) in [5.74, 6) is 0.880. The number of rotatable bonds is 2. The van der Waals surface area contributed by atoms with Gasteiger partial charge in [-0.2, -0.15) is 4.40 Å². The van der Waals surface area contributed by atoms with Gasteiger partial charge in [-0.1, -0.05) is 6.07 Å². The molecule has 2 heterocycles. The largest absolute Gasteiger partial charge is 0.487 e. The first-order valence-corrected chi connectivity index (χ1v) is 6.75. The van der Waals surface area contributed by atoms with E-state index in [4.69, 9.17) is 15.2 Å². The van der Waals surface area contributed by atoms with Crippen LogP contribution >= 0.6 is 0 Å². The number of amidine groups is 1. The molecule has 0 bridgehead atoms. The topological polar surface area (TPSA) is 85.9 Å². The number of anilines is 1. The summed E-state index contributed by atoms with van der Waals surface area (Å²) in [6.45, 7) is 1.30. The van der Waals surface area contributed by atoms with Gasteiger partial charge in [0.25, 0.3) is 0 Å². The summed E-state index contributed by atoms with van der Waals surface area (Å²) in [5, 5.41) is 0. The highest BCUT2D eigenvalue weighted by Gasteiger charge is 2.23. The maximum Gasteiger partial charge on any atom is 0.245 e. The van der Waals surface area contributed by atoms with E-state index in [1.807, 2.05) is 12.1 Å². The molecule has 0 aromatic heterocycles. The molecule has 2 aliphatic rings. The molecule has 1 fully saturated rings. The molecule has 1 aromatic carbocycles. The molecule has 2 unspecified atom stereocenters. The van der Waals surface area contributed by atoms with Gasteiger partial charge in [-0.05, 0) is 12.1 Å². The van der Waals surface area contributed by atoms with Crippen molar-refractivity contribution < 1.29 is 13.7 Å². The minimum atomic E-state index is -1.51. The van der Waals surface area contributed by atoms with Crippen LogP contribution in [0.15, 0.2) is 22.6 Å². The van der Waals surface area contributed by atoms with E-state index in [9.17, 15) is 4.21 Å². The van der Waals surface area contributed by atoms with Crippen molar-refractivity contribution in [2.75, 3.05) is 17.9 Å². The number of hydrogen-bond acceptors (Lipinski definition) is 4.